The van der Waals surface area contributed by atoms with E-state index in [4.69, 9.17) is 9.47 Å². The summed E-state index contributed by atoms with van der Waals surface area (Å²) in [5.41, 5.74) is 0.114. The maximum Gasteiger partial charge on any atom is 0.350 e. The van der Waals surface area contributed by atoms with E-state index in [0.29, 0.717) is 21.3 Å². The minimum atomic E-state index is -0.600. The van der Waals surface area contributed by atoms with Crippen LogP contribution in [-0.4, -0.2) is 29.0 Å². The first kappa shape index (κ1) is 19.8. The van der Waals surface area contributed by atoms with Crippen molar-refractivity contribution in [1.82, 2.24) is 10.3 Å². The van der Waals surface area contributed by atoms with Gasteiger partial charge >= 0.3 is 5.97 Å². The molecule has 0 saturated carbocycles. The van der Waals surface area contributed by atoms with Crippen LogP contribution in [0, 0.1) is 12.7 Å². The van der Waals surface area contributed by atoms with E-state index in [0.717, 1.165) is 11.3 Å². The first-order valence-electron chi connectivity index (χ1n) is 7.97. The molecule has 0 saturated heterocycles. The van der Waals surface area contributed by atoms with Crippen LogP contribution in [0.1, 0.15) is 41.1 Å². The predicted octanol–water partition coefficient (Wildman–Crippen LogP) is 3.24. The van der Waals surface area contributed by atoms with Gasteiger partial charge in [-0.1, -0.05) is 0 Å². The lowest BCUT2D eigenvalue weighted by atomic mass is 10.1. The normalized spacial score (nSPS) is 11.1. The average molecular weight is 380 g/mol. The van der Waals surface area contributed by atoms with Gasteiger partial charge in [0.15, 0.2) is 6.61 Å². The second-order valence-corrected chi connectivity index (χ2v) is 7.72. The first-order valence-corrected chi connectivity index (χ1v) is 8.78. The Kier molecular flexibility index (Phi) is 6.31. The molecule has 2 rings (SSSR count). The van der Waals surface area contributed by atoms with Gasteiger partial charge in [0, 0.05) is 5.54 Å². The van der Waals surface area contributed by atoms with Crippen molar-refractivity contribution in [3.8, 4) is 5.75 Å². The molecule has 0 fully saturated rings. The number of esters is 1. The molecule has 6 nitrogen and oxygen atoms in total. The smallest absolute Gasteiger partial charge is 0.350 e. The summed E-state index contributed by atoms with van der Waals surface area (Å²) in [6, 6.07) is 5.62. The summed E-state index contributed by atoms with van der Waals surface area (Å²) in [4.78, 5) is 28.5. The first-order chi connectivity index (χ1) is 12.1. The third-order valence-corrected chi connectivity index (χ3v) is 4.16. The van der Waals surface area contributed by atoms with Crippen molar-refractivity contribution in [3.63, 3.8) is 0 Å². The number of hydrogen-bond acceptors (Lipinski definition) is 6. The van der Waals surface area contributed by atoms with E-state index in [1.54, 1.807) is 6.92 Å². The van der Waals surface area contributed by atoms with Crippen molar-refractivity contribution in [2.45, 2.75) is 39.8 Å². The Hall–Kier alpha value is -2.48. The standard InChI is InChI=1S/C18H21FN2O4S/c1-11-16(17(23)25-9-14(22)21-18(2,3)4)26-15(20-11)10-24-13-7-5-12(19)6-8-13/h5-8H,9-10H2,1-4H3,(H,21,22). The number of hydrogen-bond donors (Lipinski definition) is 1. The van der Waals surface area contributed by atoms with Gasteiger partial charge in [0.05, 0.1) is 5.69 Å². The number of aromatic nitrogens is 1. The van der Waals surface area contributed by atoms with Gasteiger partial charge in [-0.15, -0.1) is 11.3 Å². The predicted molar refractivity (Wildman–Crippen MR) is 95.8 cm³/mol. The van der Waals surface area contributed by atoms with Crippen LogP contribution in [0.15, 0.2) is 24.3 Å². The van der Waals surface area contributed by atoms with Crippen LogP contribution in [0.4, 0.5) is 4.39 Å². The van der Waals surface area contributed by atoms with E-state index in [1.165, 1.54) is 24.3 Å². The lowest BCUT2D eigenvalue weighted by molar-refractivity contribution is -0.125. The zero-order chi connectivity index (χ0) is 19.3. The van der Waals surface area contributed by atoms with E-state index in [-0.39, 0.29) is 24.9 Å². The van der Waals surface area contributed by atoms with Gasteiger partial charge in [-0.05, 0) is 52.0 Å². The molecule has 1 heterocycles. The largest absolute Gasteiger partial charge is 0.486 e. The maximum absolute atomic E-state index is 12.9. The highest BCUT2D eigenvalue weighted by atomic mass is 32.1. The molecule has 1 aromatic heterocycles. The Morgan fingerprint density at radius 3 is 2.50 bits per heavy atom. The fraction of sp³-hybridized carbons (Fsp3) is 0.389. The van der Waals surface area contributed by atoms with Crippen molar-refractivity contribution in [1.29, 1.82) is 0 Å². The van der Waals surface area contributed by atoms with Gasteiger partial charge in [-0.2, -0.15) is 0 Å². The number of nitrogens with zero attached hydrogens (tertiary/aromatic N) is 1. The molecule has 0 aliphatic carbocycles. The van der Waals surface area contributed by atoms with Gasteiger partial charge in [0.25, 0.3) is 5.91 Å². The number of aryl methyl sites for hydroxylation is 1. The van der Waals surface area contributed by atoms with Crippen LogP contribution in [0.25, 0.3) is 0 Å². The molecule has 0 radical (unpaired) electrons. The molecule has 0 spiro atoms. The molecule has 1 N–H and O–H groups in total. The van der Waals surface area contributed by atoms with Gasteiger partial charge in [0.2, 0.25) is 0 Å². The lowest BCUT2D eigenvalue weighted by Crippen LogP contribution is -2.42. The summed E-state index contributed by atoms with van der Waals surface area (Å²) >= 11 is 1.14. The molecule has 0 unspecified atom stereocenters. The zero-order valence-corrected chi connectivity index (χ0v) is 15.9. The monoisotopic (exact) mass is 380 g/mol. The molecule has 0 aliphatic heterocycles. The van der Waals surface area contributed by atoms with Crippen molar-refractivity contribution < 1.29 is 23.5 Å². The van der Waals surface area contributed by atoms with Crippen molar-refractivity contribution in [3.05, 3.63) is 45.7 Å². The molecular weight excluding hydrogens is 359 g/mol. The molecule has 8 heteroatoms. The Morgan fingerprint density at radius 2 is 1.88 bits per heavy atom. The van der Waals surface area contributed by atoms with E-state index < -0.39 is 11.5 Å². The molecule has 1 aromatic carbocycles. The number of halogens is 1. The summed E-state index contributed by atoms with van der Waals surface area (Å²) in [7, 11) is 0. The number of nitrogens with one attached hydrogen (secondary N) is 1. The number of ether oxygens (including phenoxy) is 2. The number of amides is 1. The van der Waals surface area contributed by atoms with E-state index in [2.05, 4.69) is 10.3 Å². The summed E-state index contributed by atoms with van der Waals surface area (Å²) in [6.07, 6.45) is 0. The molecule has 0 bridgehead atoms. The van der Waals surface area contributed by atoms with Crippen molar-refractivity contribution in [2.75, 3.05) is 6.61 Å². The molecular formula is C18H21FN2O4S. The maximum atomic E-state index is 12.9. The molecule has 140 valence electrons. The number of benzene rings is 1. The molecule has 2 aromatic rings. The summed E-state index contributed by atoms with van der Waals surface area (Å²) in [5.74, 6) is -0.810. The quantitative estimate of drug-likeness (QED) is 0.779. The number of carbonyl (C=O) groups excluding carboxylic acids is 2. The second kappa shape index (κ2) is 8.27. The third kappa shape index (κ3) is 6.11. The van der Waals surface area contributed by atoms with Crippen molar-refractivity contribution >= 4 is 23.2 Å². The topological polar surface area (TPSA) is 77.5 Å². The summed E-state index contributed by atoms with van der Waals surface area (Å²) in [5, 5.41) is 3.29. The van der Waals surface area contributed by atoms with Crippen LogP contribution in [0.2, 0.25) is 0 Å². The SMILES string of the molecule is Cc1nc(COc2ccc(F)cc2)sc1C(=O)OCC(=O)NC(C)(C)C. The van der Waals surface area contributed by atoms with E-state index >= 15 is 0 Å². The molecule has 0 aliphatic rings. The Morgan fingerprint density at radius 1 is 1.23 bits per heavy atom. The molecule has 26 heavy (non-hydrogen) atoms. The minimum Gasteiger partial charge on any atom is -0.486 e. The van der Waals surface area contributed by atoms with Gasteiger partial charge < -0.3 is 14.8 Å². The highest BCUT2D eigenvalue weighted by molar-refractivity contribution is 7.13. The van der Waals surface area contributed by atoms with Gasteiger partial charge in [0.1, 0.15) is 28.1 Å². The molecule has 0 atom stereocenters. The number of rotatable bonds is 6. The van der Waals surface area contributed by atoms with Crippen molar-refractivity contribution in [2.24, 2.45) is 0 Å². The fourth-order valence-corrected chi connectivity index (χ4v) is 2.90. The Balaban J connectivity index is 1.91. The minimum absolute atomic E-state index is 0.148. The molecule has 1 amide bonds. The average Bonchev–Trinajstić information content (AvgIpc) is 2.91. The van der Waals surface area contributed by atoms with Gasteiger partial charge in [-0.25, -0.2) is 14.2 Å². The summed E-state index contributed by atoms with van der Waals surface area (Å²) < 4.78 is 23.4. The van der Waals surface area contributed by atoms with Crippen LogP contribution < -0.4 is 10.1 Å². The van der Waals surface area contributed by atoms with Crippen LogP contribution in [0.3, 0.4) is 0 Å². The van der Waals surface area contributed by atoms with Crippen LogP contribution >= 0.6 is 11.3 Å². The highest BCUT2D eigenvalue weighted by Crippen LogP contribution is 2.21. The summed E-state index contributed by atoms with van der Waals surface area (Å²) in [6.45, 7) is 7.00. The van der Waals surface area contributed by atoms with E-state index in [9.17, 15) is 14.0 Å². The van der Waals surface area contributed by atoms with Crippen LogP contribution in [0.5, 0.6) is 5.75 Å². The number of thiazole rings is 1. The lowest BCUT2D eigenvalue weighted by Gasteiger charge is -2.20. The fourth-order valence-electron chi connectivity index (χ4n) is 2.03. The Labute approximate surface area is 155 Å². The Bertz CT molecular complexity index is 781. The zero-order valence-electron chi connectivity index (χ0n) is 15.1. The third-order valence-electron chi connectivity index (χ3n) is 3.05. The van der Waals surface area contributed by atoms with Gasteiger partial charge in [-0.3, -0.25) is 4.79 Å². The highest BCUT2D eigenvalue weighted by Gasteiger charge is 2.20. The van der Waals surface area contributed by atoms with E-state index in [1.807, 2.05) is 20.8 Å². The second-order valence-electron chi connectivity index (χ2n) is 6.64. The van der Waals surface area contributed by atoms with Crippen LogP contribution in [-0.2, 0) is 16.1 Å². The number of carbonyl (C=O) groups is 2.